The van der Waals surface area contributed by atoms with E-state index in [4.69, 9.17) is 9.47 Å². The SMILES string of the molecule is COCCC(=O)NNc1cc(C)nc2ccc(OC)cc12. The van der Waals surface area contributed by atoms with Crippen LogP contribution >= 0.6 is 0 Å². The molecule has 0 aliphatic carbocycles. The Morgan fingerprint density at radius 2 is 2.10 bits per heavy atom. The molecule has 1 aromatic heterocycles. The van der Waals surface area contributed by atoms with Crippen LogP contribution < -0.4 is 15.6 Å². The number of hydrazine groups is 1. The van der Waals surface area contributed by atoms with Gasteiger partial charge in [-0.15, -0.1) is 0 Å². The molecule has 0 aliphatic heterocycles. The normalized spacial score (nSPS) is 10.4. The van der Waals surface area contributed by atoms with Gasteiger partial charge in [-0.3, -0.25) is 20.6 Å². The Morgan fingerprint density at radius 1 is 1.29 bits per heavy atom. The first-order valence-corrected chi connectivity index (χ1v) is 6.63. The standard InChI is InChI=1S/C15H19N3O3/c1-10-8-14(17-18-15(19)6-7-20-2)12-9-11(21-3)4-5-13(12)16-10/h4-5,8-9H,6-7H2,1-3H3,(H,16,17)(H,18,19). The first-order valence-electron chi connectivity index (χ1n) is 6.63. The maximum absolute atomic E-state index is 11.6. The zero-order valence-corrected chi connectivity index (χ0v) is 12.4. The fourth-order valence-electron chi connectivity index (χ4n) is 1.96. The minimum atomic E-state index is -0.137. The second kappa shape index (κ2) is 6.90. The lowest BCUT2D eigenvalue weighted by molar-refractivity contribution is -0.121. The third-order valence-electron chi connectivity index (χ3n) is 3.01. The lowest BCUT2D eigenvalue weighted by atomic mass is 10.1. The van der Waals surface area contributed by atoms with Gasteiger partial charge in [0.2, 0.25) is 5.91 Å². The summed E-state index contributed by atoms with van der Waals surface area (Å²) in [5, 5.41) is 0.881. The molecule has 0 saturated carbocycles. The van der Waals surface area contributed by atoms with Gasteiger partial charge in [-0.05, 0) is 31.2 Å². The molecule has 2 rings (SSSR count). The van der Waals surface area contributed by atoms with Crippen molar-refractivity contribution in [3.05, 3.63) is 30.0 Å². The number of hydrogen-bond donors (Lipinski definition) is 2. The molecule has 0 unspecified atom stereocenters. The molecular formula is C15H19N3O3. The Labute approximate surface area is 123 Å². The minimum Gasteiger partial charge on any atom is -0.497 e. The molecule has 0 radical (unpaired) electrons. The number of amides is 1. The molecule has 0 fully saturated rings. The number of fused-ring (bicyclic) bond motifs is 1. The highest BCUT2D eigenvalue weighted by Gasteiger charge is 2.07. The van der Waals surface area contributed by atoms with Gasteiger partial charge >= 0.3 is 0 Å². The number of methoxy groups -OCH3 is 2. The number of aromatic nitrogens is 1. The quantitative estimate of drug-likeness (QED) is 0.796. The van der Waals surface area contributed by atoms with E-state index in [2.05, 4.69) is 15.8 Å². The summed E-state index contributed by atoms with van der Waals surface area (Å²) in [4.78, 5) is 16.1. The van der Waals surface area contributed by atoms with Crippen LogP contribution in [0.15, 0.2) is 24.3 Å². The van der Waals surface area contributed by atoms with Crippen LogP contribution in [0.2, 0.25) is 0 Å². The smallest absolute Gasteiger partial charge is 0.240 e. The van der Waals surface area contributed by atoms with Crippen LogP contribution in [0.3, 0.4) is 0 Å². The number of pyridine rings is 1. The summed E-state index contributed by atoms with van der Waals surface area (Å²) in [7, 11) is 3.18. The Bertz CT molecular complexity index is 643. The number of ether oxygens (including phenoxy) is 2. The van der Waals surface area contributed by atoms with E-state index in [1.165, 1.54) is 0 Å². The van der Waals surface area contributed by atoms with Crippen molar-refractivity contribution >= 4 is 22.5 Å². The molecule has 0 aliphatic rings. The minimum absolute atomic E-state index is 0.137. The Hall–Kier alpha value is -2.34. The van der Waals surface area contributed by atoms with Gasteiger partial charge in [-0.2, -0.15) is 0 Å². The third kappa shape index (κ3) is 3.82. The molecule has 0 bridgehead atoms. The fraction of sp³-hybridized carbons (Fsp3) is 0.333. The second-order valence-electron chi connectivity index (χ2n) is 4.61. The van der Waals surface area contributed by atoms with Crippen molar-refractivity contribution in [2.45, 2.75) is 13.3 Å². The van der Waals surface area contributed by atoms with E-state index in [0.29, 0.717) is 13.0 Å². The van der Waals surface area contributed by atoms with Crippen LogP contribution in [0.4, 0.5) is 5.69 Å². The van der Waals surface area contributed by atoms with Gasteiger partial charge in [-0.1, -0.05) is 0 Å². The molecule has 1 aromatic carbocycles. The van der Waals surface area contributed by atoms with E-state index in [1.54, 1.807) is 14.2 Å². The highest BCUT2D eigenvalue weighted by atomic mass is 16.5. The topological polar surface area (TPSA) is 72.5 Å². The first-order chi connectivity index (χ1) is 10.1. The summed E-state index contributed by atoms with van der Waals surface area (Å²) in [6.45, 7) is 2.29. The maximum Gasteiger partial charge on any atom is 0.240 e. The molecule has 112 valence electrons. The Morgan fingerprint density at radius 3 is 2.81 bits per heavy atom. The van der Waals surface area contributed by atoms with Crippen molar-refractivity contribution in [1.29, 1.82) is 0 Å². The van der Waals surface area contributed by atoms with Crippen molar-refractivity contribution in [3.63, 3.8) is 0 Å². The second-order valence-corrected chi connectivity index (χ2v) is 4.61. The molecule has 6 nitrogen and oxygen atoms in total. The number of benzene rings is 1. The Balaban J connectivity index is 2.23. The van der Waals surface area contributed by atoms with Gasteiger partial charge in [0, 0.05) is 18.2 Å². The van der Waals surface area contributed by atoms with E-state index in [9.17, 15) is 4.79 Å². The largest absolute Gasteiger partial charge is 0.497 e. The molecule has 6 heteroatoms. The summed E-state index contributed by atoms with van der Waals surface area (Å²) in [6, 6.07) is 7.50. The van der Waals surface area contributed by atoms with Crippen LogP contribution in [0.1, 0.15) is 12.1 Å². The highest BCUT2D eigenvalue weighted by Crippen LogP contribution is 2.26. The van der Waals surface area contributed by atoms with Crippen LogP contribution in [0.5, 0.6) is 5.75 Å². The number of hydrogen-bond acceptors (Lipinski definition) is 5. The number of aryl methyl sites for hydroxylation is 1. The van der Waals surface area contributed by atoms with Crippen molar-refractivity contribution in [1.82, 2.24) is 10.4 Å². The van der Waals surface area contributed by atoms with Crippen molar-refractivity contribution in [2.24, 2.45) is 0 Å². The van der Waals surface area contributed by atoms with E-state index in [1.807, 2.05) is 31.2 Å². The number of anilines is 1. The van der Waals surface area contributed by atoms with Crippen molar-refractivity contribution in [3.8, 4) is 5.75 Å². The first kappa shape index (κ1) is 15.1. The average Bonchev–Trinajstić information content (AvgIpc) is 2.50. The Kier molecular flexibility index (Phi) is 4.94. The summed E-state index contributed by atoms with van der Waals surface area (Å²) >= 11 is 0. The molecule has 21 heavy (non-hydrogen) atoms. The lowest BCUT2D eigenvalue weighted by Gasteiger charge is -2.12. The van der Waals surface area contributed by atoms with E-state index < -0.39 is 0 Å². The molecule has 0 saturated heterocycles. The lowest BCUT2D eigenvalue weighted by Crippen LogP contribution is -2.30. The van der Waals surface area contributed by atoms with E-state index in [0.717, 1.165) is 28.0 Å². The van der Waals surface area contributed by atoms with Crippen LogP contribution in [0.25, 0.3) is 10.9 Å². The van der Waals surface area contributed by atoms with Crippen LogP contribution in [-0.2, 0) is 9.53 Å². The molecule has 2 aromatic rings. The van der Waals surface area contributed by atoms with Gasteiger partial charge in [0.05, 0.1) is 31.3 Å². The van der Waals surface area contributed by atoms with Gasteiger partial charge in [0.25, 0.3) is 0 Å². The molecular weight excluding hydrogens is 270 g/mol. The van der Waals surface area contributed by atoms with Gasteiger partial charge in [0.15, 0.2) is 0 Å². The van der Waals surface area contributed by atoms with Crippen molar-refractivity contribution < 1.29 is 14.3 Å². The average molecular weight is 289 g/mol. The predicted molar refractivity (Wildman–Crippen MR) is 81.3 cm³/mol. The number of carbonyl (C=O) groups excluding carboxylic acids is 1. The number of nitrogens with one attached hydrogen (secondary N) is 2. The van der Waals surface area contributed by atoms with Crippen molar-refractivity contribution in [2.75, 3.05) is 26.3 Å². The summed E-state index contributed by atoms with van der Waals surface area (Å²) in [6.07, 6.45) is 0.300. The number of nitrogens with zero attached hydrogens (tertiary/aromatic N) is 1. The van der Waals surface area contributed by atoms with Gasteiger partial charge in [0.1, 0.15) is 5.75 Å². The molecule has 1 heterocycles. The number of carbonyl (C=O) groups is 1. The highest BCUT2D eigenvalue weighted by molar-refractivity contribution is 5.93. The van der Waals surface area contributed by atoms with E-state index in [-0.39, 0.29) is 5.91 Å². The monoisotopic (exact) mass is 289 g/mol. The molecule has 2 N–H and O–H groups in total. The van der Waals surface area contributed by atoms with Crippen LogP contribution in [-0.4, -0.2) is 31.7 Å². The fourth-order valence-corrected chi connectivity index (χ4v) is 1.96. The maximum atomic E-state index is 11.6. The molecule has 1 amide bonds. The van der Waals surface area contributed by atoms with Gasteiger partial charge in [-0.25, -0.2) is 0 Å². The number of rotatable bonds is 6. The zero-order valence-electron chi connectivity index (χ0n) is 12.4. The van der Waals surface area contributed by atoms with Crippen LogP contribution in [0, 0.1) is 6.92 Å². The molecule has 0 spiro atoms. The summed E-state index contributed by atoms with van der Waals surface area (Å²) in [5.74, 6) is 0.601. The molecule has 0 atom stereocenters. The van der Waals surface area contributed by atoms with Gasteiger partial charge < -0.3 is 9.47 Å². The van der Waals surface area contributed by atoms with E-state index >= 15 is 0 Å². The third-order valence-corrected chi connectivity index (χ3v) is 3.01. The summed E-state index contributed by atoms with van der Waals surface area (Å²) in [5.41, 5.74) is 8.07. The predicted octanol–water partition coefficient (Wildman–Crippen LogP) is 2.03. The zero-order chi connectivity index (χ0) is 15.2. The summed E-state index contributed by atoms with van der Waals surface area (Å²) < 4.78 is 10.1.